The third-order valence-electron chi connectivity index (χ3n) is 4.80. The van der Waals surface area contributed by atoms with Gasteiger partial charge in [-0.15, -0.1) is 0 Å². The summed E-state index contributed by atoms with van der Waals surface area (Å²) in [6.07, 6.45) is 0. The third kappa shape index (κ3) is 2.43. The molecule has 0 aliphatic rings. The van der Waals surface area contributed by atoms with Crippen LogP contribution < -0.4 is 4.57 Å². The summed E-state index contributed by atoms with van der Waals surface area (Å²) in [7, 11) is 2.06. The van der Waals surface area contributed by atoms with Crippen LogP contribution in [0.2, 0.25) is 0 Å². The van der Waals surface area contributed by atoms with E-state index >= 15 is 0 Å². The van der Waals surface area contributed by atoms with Crippen molar-refractivity contribution in [1.82, 2.24) is 4.57 Å². The molecular weight excluding hydrogens is 311 g/mol. The number of fused-ring (bicyclic) bond motifs is 1. The SMILES string of the molecule is Cc1cc(F)ccc1-c1n(-c2ccccc2C)c2ccccc2[n+]1C. The van der Waals surface area contributed by atoms with Crippen LogP contribution in [-0.4, -0.2) is 4.57 Å². The van der Waals surface area contributed by atoms with Crippen LogP contribution in [-0.2, 0) is 7.05 Å². The minimum Gasteiger partial charge on any atom is -0.225 e. The van der Waals surface area contributed by atoms with E-state index in [9.17, 15) is 4.39 Å². The molecule has 0 saturated carbocycles. The van der Waals surface area contributed by atoms with Gasteiger partial charge in [-0.05, 0) is 61.4 Å². The summed E-state index contributed by atoms with van der Waals surface area (Å²) in [5.74, 6) is 0.843. The molecule has 4 aromatic rings. The van der Waals surface area contributed by atoms with E-state index < -0.39 is 0 Å². The number of halogens is 1. The Morgan fingerprint density at radius 3 is 2.32 bits per heavy atom. The summed E-state index contributed by atoms with van der Waals surface area (Å²) in [6.45, 7) is 4.07. The number of aryl methyl sites for hydroxylation is 3. The smallest absolute Gasteiger partial charge is 0.225 e. The summed E-state index contributed by atoms with van der Waals surface area (Å²) in [4.78, 5) is 0. The Morgan fingerprint density at radius 1 is 0.840 bits per heavy atom. The van der Waals surface area contributed by atoms with Crippen molar-refractivity contribution in [2.75, 3.05) is 0 Å². The Balaban J connectivity index is 2.16. The Hall–Kier alpha value is -2.94. The summed E-state index contributed by atoms with van der Waals surface area (Å²) >= 11 is 0. The zero-order chi connectivity index (χ0) is 17.6. The number of benzene rings is 3. The summed E-state index contributed by atoms with van der Waals surface area (Å²) in [5, 5.41) is 0. The first kappa shape index (κ1) is 15.6. The van der Waals surface area contributed by atoms with E-state index in [4.69, 9.17) is 0 Å². The quantitative estimate of drug-likeness (QED) is 0.463. The van der Waals surface area contributed by atoms with Crippen LogP contribution in [0.3, 0.4) is 0 Å². The molecule has 0 radical (unpaired) electrons. The molecule has 25 heavy (non-hydrogen) atoms. The Kier molecular flexibility index (Phi) is 3.65. The van der Waals surface area contributed by atoms with Crippen molar-refractivity contribution in [2.45, 2.75) is 13.8 Å². The highest BCUT2D eigenvalue weighted by Crippen LogP contribution is 2.30. The van der Waals surface area contributed by atoms with Gasteiger partial charge in [0.25, 0.3) is 5.82 Å². The van der Waals surface area contributed by atoms with Gasteiger partial charge in [-0.3, -0.25) is 0 Å². The maximum absolute atomic E-state index is 13.6. The van der Waals surface area contributed by atoms with Crippen LogP contribution in [0.4, 0.5) is 4.39 Å². The molecule has 0 spiro atoms. The molecule has 124 valence electrons. The second-order valence-corrected chi connectivity index (χ2v) is 6.45. The van der Waals surface area contributed by atoms with Gasteiger partial charge in [0.05, 0.1) is 12.6 Å². The van der Waals surface area contributed by atoms with Gasteiger partial charge in [-0.25, -0.2) is 8.96 Å². The van der Waals surface area contributed by atoms with E-state index in [0.29, 0.717) is 0 Å². The van der Waals surface area contributed by atoms with Crippen molar-refractivity contribution in [2.24, 2.45) is 7.05 Å². The lowest BCUT2D eigenvalue weighted by atomic mass is 10.1. The second kappa shape index (κ2) is 5.85. The van der Waals surface area contributed by atoms with Crippen molar-refractivity contribution >= 4 is 11.0 Å². The molecule has 1 heterocycles. The first-order valence-electron chi connectivity index (χ1n) is 8.40. The first-order valence-corrected chi connectivity index (χ1v) is 8.40. The molecule has 0 N–H and O–H groups in total. The topological polar surface area (TPSA) is 8.81 Å². The van der Waals surface area contributed by atoms with Crippen LogP contribution in [0, 0.1) is 19.7 Å². The van der Waals surface area contributed by atoms with Crippen molar-refractivity contribution < 1.29 is 8.96 Å². The number of aromatic nitrogens is 2. The molecule has 2 nitrogen and oxygen atoms in total. The van der Waals surface area contributed by atoms with Crippen LogP contribution in [0.15, 0.2) is 66.7 Å². The lowest BCUT2D eigenvalue weighted by Gasteiger charge is -2.08. The number of hydrogen-bond acceptors (Lipinski definition) is 0. The lowest BCUT2D eigenvalue weighted by Crippen LogP contribution is -2.30. The standard InChI is InChI=1S/C22H20FN2/c1-15-8-4-5-9-19(15)25-21-11-7-6-10-20(21)24(3)22(25)18-13-12-17(23)14-16(18)2/h4-14H,1-3H3/q+1. The zero-order valence-corrected chi connectivity index (χ0v) is 14.6. The number of hydrogen-bond donors (Lipinski definition) is 0. The number of para-hydroxylation sites is 3. The average Bonchev–Trinajstić information content (AvgIpc) is 2.89. The normalized spacial score (nSPS) is 11.2. The minimum absolute atomic E-state index is 0.206. The van der Waals surface area contributed by atoms with Gasteiger partial charge in [0.1, 0.15) is 11.5 Å². The third-order valence-corrected chi connectivity index (χ3v) is 4.80. The van der Waals surface area contributed by atoms with E-state index in [1.165, 1.54) is 11.6 Å². The molecule has 3 heteroatoms. The van der Waals surface area contributed by atoms with Gasteiger partial charge in [0, 0.05) is 0 Å². The highest BCUT2D eigenvalue weighted by Gasteiger charge is 2.27. The molecule has 0 amide bonds. The summed E-state index contributed by atoms with van der Waals surface area (Å²) in [5.41, 5.74) is 6.57. The molecule has 0 unspecified atom stereocenters. The number of rotatable bonds is 2. The van der Waals surface area contributed by atoms with Gasteiger partial charge in [0.15, 0.2) is 11.0 Å². The predicted molar refractivity (Wildman–Crippen MR) is 99.3 cm³/mol. The van der Waals surface area contributed by atoms with Crippen LogP contribution >= 0.6 is 0 Å². The molecule has 0 atom stereocenters. The maximum Gasteiger partial charge on any atom is 0.295 e. The van der Waals surface area contributed by atoms with Crippen molar-refractivity contribution in [1.29, 1.82) is 0 Å². The summed E-state index contributed by atoms with van der Waals surface area (Å²) in [6, 6.07) is 21.7. The first-order chi connectivity index (χ1) is 12.1. The predicted octanol–water partition coefficient (Wildman–Crippen LogP) is 4.88. The van der Waals surface area contributed by atoms with E-state index in [1.807, 2.05) is 25.1 Å². The Morgan fingerprint density at radius 2 is 1.56 bits per heavy atom. The van der Waals surface area contributed by atoms with E-state index in [1.54, 1.807) is 6.07 Å². The largest absolute Gasteiger partial charge is 0.295 e. The molecular formula is C22H20FN2+. The second-order valence-electron chi connectivity index (χ2n) is 6.45. The van der Waals surface area contributed by atoms with Crippen molar-refractivity contribution in [3.8, 4) is 17.1 Å². The van der Waals surface area contributed by atoms with Crippen molar-refractivity contribution in [3.05, 3.63) is 83.7 Å². The average molecular weight is 331 g/mol. The van der Waals surface area contributed by atoms with E-state index in [2.05, 4.69) is 59.5 Å². The molecule has 0 fully saturated rings. The van der Waals surface area contributed by atoms with Gasteiger partial charge in [0.2, 0.25) is 0 Å². The van der Waals surface area contributed by atoms with E-state index in [-0.39, 0.29) is 5.82 Å². The molecule has 4 rings (SSSR count). The van der Waals surface area contributed by atoms with Gasteiger partial charge >= 0.3 is 0 Å². The molecule has 0 aliphatic carbocycles. The molecule has 0 saturated heterocycles. The number of nitrogens with zero attached hydrogens (tertiary/aromatic N) is 2. The van der Waals surface area contributed by atoms with Crippen LogP contribution in [0.25, 0.3) is 28.1 Å². The van der Waals surface area contributed by atoms with Crippen LogP contribution in [0.5, 0.6) is 0 Å². The Bertz CT molecular complexity index is 1090. The van der Waals surface area contributed by atoms with Gasteiger partial charge < -0.3 is 0 Å². The van der Waals surface area contributed by atoms with Crippen LogP contribution in [0.1, 0.15) is 11.1 Å². The minimum atomic E-state index is -0.206. The highest BCUT2D eigenvalue weighted by atomic mass is 19.1. The Labute approximate surface area is 146 Å². The zero-order valence-electron chi connectivity index (χ0n) is 14.6. The molecule has 3 aromatic carbocycles. The highest BCUT2D eigenvalue weighted by molar-refractivity contribution is 5.80. The fraction of sp³-hybridized carbons (Fsp3) is 0.136. The van der Waals surface area contributed by atoms with Crippen molar-refractivity contribution in [3.63, 3.8) is 0 Å². The fourth-order valence-electron chi connectivity index (χ4n) is 3.55. The molecule has 0 aliphatic heterocycles. The van der Waals surface area contributed by atoms with E-state index in [0.717, 1.165) is 33.7 Å². The fourth-order valence-corrected chi connectivity index (χ4v) is 3.55. The lowest BCUT2D eigenvalue weighted by molar-refractivity contribution is -0.633. The number of imidazole rings is 1. The maximum atomic E-state index is 13.6. The van der Waals surface area contributed by atoms with Gasteiger partial charge in [-0.1, -0.05) is 30.3 Å². The molecule has 0 bridgehead atoms. The summed E-state index contributed by atoms with van der Waals surface area (Å²) < 4.78 is 18.1. The van der Waals surface area contributed by atoms with Gasteiger partial charge in [-0.2, -0.15) is 4.57 Å². The molecule has 1 aromatic heterocycles. The monoisotopic (exact) mass is 331 g/mol.